The lowest BCUT2D eigenvalue weighted by atomic mass is 9.46. The molecule has 0 aromatic carbocycles. The van der Waals surface area contributed by atoms with Crippen molar-refractivity contribution in [1.29, 1.82) is 0 Å². The maximum atomic E-state index is 12.8. The smallest absolute Gasteiger partial charge is 0.306 e. The molecular weight excluding hydrogens is 384 g/mol. The van der Waals surface area contributed by atoms with E-state index < -0.39 is 64.5 Å². The third-order valence-electron chi connectivity index (χ3n) is 8.54. The minimum absolute atomic E-state index is 0.0747. The monoisotopic (exact) mass is 423 g/mol. The van der Waals surface area contributed by atoms with E-state index in [1.807, 2.05) is 6.92 Å². The van der Waals surface area contributed by atoms with Crippen molar-refractivity contribution in [2.24, 2.45) is 28.6 Å². The Hall–Kier alpha value is -1.10. The summed E-state index contributed by atoms with van der Waals surface area (Å²) in [6.45, 7) is 5.11. The molecule has 0 bridgehead atoms. The van der Waals surface area contributed by atoms with Crippen LogP contribution in [0.15, 0.2) is 11.6 Å². The van der Waals surface area contributed by atoms with Crippen molar-refractivity contribution in [3.63, 3.8) is 0 Å². The van der Waals surface area contributed by atoms with Crippen molar-refractivity contribution in [2.45, 2.75) is 89.3 Å². The Morgan fingerprint density at radius 1 is 1.21 bits per heavy atom. The summed E-state index contributed by atoms with van der Waals surface area (Å²) in [5.74, 6) is -3.04. The molecule has 4 nitrogen and oxygen atoms in total. The van der Waals surface area contributed by atoms with E-state index in [1.165, 1.54) is 6.92 Å². The molecule has 29 heavy (non-hydrogen) atoms. The Kier molecular flexibility index (Phi) is 2.97. The molecule has 1 heterocycles. The highest BCUT2D eigenvalue weighted by Crippen LogP contribution is 2.70. The molecule has 5 aliphatic rings. The van der Waals surface area contributed by atoms with Gasteiger partial charge in [-0.15, -0.1) is 0 Å². The first-order chi connectivity index (χ1) is 16.4. The van der Waals surface area contributed by atoms with Gasteiger partial charge in [-0.05, 0) is 74.1 Å². The summed E-state index contributed by atoms with van der Waals surface area (Å²) < 4.78 is 66.3. The fraction of sp³-hybridized carbons (Fsp3) is 0.792. The van der Waals surface area contributed by atoms with Gasteiger partial charge in [0.05, 0.1) is 1.37 Å². The number of thioether (sulfide) groups is 1. The first-order valence-electron chi connectivity index (χ1n) is 14.1. The van der Waals surface area contributed by atoms with Gasteiger partial charge in [0.15, 0.2) is 10.9 Å². The number of hydrogen-bond donors (Lipinski definition) is 0. The summed E-state index contributed by atoms with van der Waals surface area (Å²) >= 11 is 0.744. The van der Waals surface area contributed by atoms with Crippen LogP contribution in [0, 0.1) is 28.6 Å². The minimum atomic E-state index is -2.26. The van der Waals surface area contributed by atoms with Crippen LogP contribution in [0.5, 0.6) is 0 Å². The maximum absolute atomic E-state index is 12.8. The normalized spacial score (nSPS) is 61.0. The molecule has 0 aromatic heterocycles. The number of ketones is 1. The van der Waals surface area contributed by atoms with Gasteiger partial charge in [0.2, 0.25) is 0 Å². The summed E-state index contributed by atoms with van der Waals surface area (Å²) in [4.78, 5) is 37.6. The zero-order valence-electron chi connectivity index (χ0n) is 24.1. The van der Waals surface area contributed by atoms with Crippen LogP contribution in [0.2, 0.25) is 0 Å². The Bertz CT molecular complexity index is 1110. The van der Waals surface area contributed by atoms with Gasteiger partial charge in [0, 0.05) is 38.5 Å². The Morgan fingerprint density at radius 3 is 2.66 bits per heavy atom. The molecule has 8 atom stereocenters. The SMILES string of the molecule is [2H]C1=C2[C@@H]([2H])[C@@]([2H])(SC(C)=O)C3[C@H](CC[C@@]4(C)[C@H]3CC[C@@]43CC([2H])([2H])C(=O)O3)[C@@]2(C)CC([2H])([2H])C1=O. The Morgan fingerprint density at radius 2 is 1.97 bits per heavy atom. The summed E-state index contributed by atoms with van der Waals surface area (Å²) in [5, 5.41) is -2.07. The van der Waals surface area contributed by atoms with E-state index in [4.69, 9.17) is 11.6 Å². The van der Waals surface area contributed by atoms with Crippen molar-refractivity contribution in [3.05, 3.63) is 11.6 Å². The fourth-order valence-corrected chi connectivity index (χ4v) is 7.94. The number of allylic oxidation sites excluding steroid dienone is 1. The van der Waals surface area contributed by atoms with E-state index in [1.54, 1.807) is 6.92 Å². The number of carbonyl (C=O) groups excluding carboxylic acids is 3. The number of ether oxygens (including phenoxy) is 1. The number of hydrogen-bond acceptors (Lipinski definition) is 5. The summed E-state index contributed by atoms with van der Waals surface area (Å²) in [5.41, 5.74) is -2.56. The standard InChI is InChI=1S/C24H32O4S/c1-14(25)29-19-13-15-12-16(26)4-8-22(15,2)17-5-9-23(3)18(21(17)19)6-10-24(23)11-7-20(27)28-24/h12,17-19,21H,4-11,13H2,1-3H3/t17-,18-,19+,21?,22-,23-,24+/m0/s1/i4D2,7D2,12D,13D,19D/t13-,17+,18+,19-,21?,22+,23+,24-/m1. The van der Waals surface area contributed by atoms with Crippen LogP contribution in [0.25, 0.3) is 0 Å². The molecule has 158 valence electrons. The van der Waals surface area contributed by atoms with Gasteiger partial charge < -0.3 is 4.74 Å². The number of carbonyl (C=O) groups is 3. The first-order valence-corrected chi connectivity index (χ1v) is 11.3. The predicted molar refractivity (Wildman–Crippen MR) is 112 cm³/mol. The molecule has 0 radical (unpaired) electrons. The second-order valence-electron chi connectivity index (χ2n) is 9.75. The van der Waals surface area contributed by atoms with Gasteiger partial charge in [-0.1, -0.05) is 31.2 Å². The number of fused-ring (bicyclic) bond motifs is 6. The summed E-state index contributed by atoms with van der Waals surface area (Å²) in [7, 11) is 0. The third kappa shape index (κ3) is 2.68. The van der Waals surface area contributed by atoms with E-state index in [2.05, 4.69) is 0 Å². The Labute approximate surface area is 187 Å². The molecule has 0 aromatic rings. The van der Waals surface area contributed by atoms with Gasteiger partial charge in [-0.2, -0.15) is 0 Å². The van der Waals surface area contributed by atoms with Crippen molar-refractivity contribution in [2.75, 3.05) is 0 Å². The number of esters is 1. The van der Waals surface area contributed by atoms with E-state index in [0.717, 1.165) is 11.8 Å². The largest absolute Gasteiger partial charge is 0.458 e. The maximum Gasteiger partial charge on any atom is 0.306 e. The number of rotatable bonds is 1. The molecule has 1 aliphatic heterocycles. The van der Waals surface area contributed by atoms with Crippen molar-refractivity contribution >= 4 is 28.6 Å². The molecule has 1 saturated heterocycles. The molecule has 0 N–H and O–H groups in total. The van der Waals surface area contributed by atoms with E-state index >= 15 is 0 Å². The quantitative estimate of drug-likeness (QED) is 0.564. The van der Waals surface area contributed by atoms with Gasteiger partial charge in [-0.25, -0.2) is 0 Å². The molecular formula is C24H32O4S. The van der Waals surface area contributed by atoms with Gasteiger partial charge in [-0.3, -0.25) is 14.4 Å². The lowest BCUT2D eigenvalue weighted by Gasteiger charge is -2.61. The molecule has 0 amide bonds. The van der Waals surface area contributed by atoms with Crippen molar-refractivity contribution in [1.82, 2.24) is 0 Å². The zero-order chi connectivity index (χ0) is 26.9. The molecule has 1 unspecified atom stereocenters. The van der Waals surface area contributed by atoms with Crippen LogP contribution >= 0.6 is 11.8 Å². The van der Waals surface area contributed by atoms with Crippen LogP contribution in [-0.4, -0.2) is 27.7 Å². The van der Waals surface area contributed by atoms with Crippen LogP contribution in [0.3, 0.4) is 0 Å². The van der Waals surface area contributed by atoms with Crippen LogP contribution < -0.4 is 0 Å². The molecule has 5 heteroatoms. The zero-order valence-corrected chi connectivity index (χ0v) is 17.9. The highest BCUT2D eigenvalue weighted by Gasteiger charge is 2.68. The second kappa shape index (κ2) is 6.45. The third-order valence-corrected chi connectivity index (χ3v) is 9.45. The van der Waals surface area contributed by atoms with E-state index in [9.17, 15) is 17.1 Å². The van der Waals surface area contributed by atoms with E-state index in [-0.39, 0.29) is 35.4 Å². The average molecular weight is 424 g/mol. The second-order valence-corrected chi connectivity index (χ2v) is 11.0. The van der Waals surface area contributed by atoms with Gasteiger partial charge in [0.1, 0.15) is 5.60 Å². The van der Waals surface area contributed by atoms with Crippen molar-refractivity contribution in [3.8, 4) is 0 Å². The molecule has 5 rings (SSSR count). The van der Waals surface area contributed by atoms with E-state index in [0.29, 0.717) is 25.7 Å². The lowest BCUT2D eigenvalue weighted by molar-refractivity contribution is -0.167. The first kappa shape index (κ1) is 13.3. The van der Waals surface area contributed by atoms with Crippen molar-refractivity contribution < 1.29 is 28.7 Å². The molecule has 1 spiro atoms. The Balaban J connectivity index is 1.68. The molecule has 3 saturated carbocycles. The topological polar surface area (TPSA) is 60.4 Å². The van der Waals surface area contributed by atoms with Gasteiger partial charge in [0.25, 0.3) is 0 Å². The summed E-state index contributed by atoms with van der Waals surface area (Å²) in [6, 6.07) is -0.540. The predicted octanol–water partition coefficient (Wildman–Crippen LogP) is 4.85. The highest BCUT2D eigenvalue weighted by atomic mass is 32.2. The minimum Gasteiger partial charge on any atom is -0.458 e. The van der Waals surface area contributed by atoms with Crippen LogP contribution in [0.1, 0.15) is 88.0 Å². The van der Waals surface area contributed by atoms with Gasteiger partial charge >= 0.3 is 5.97 Å². The summed E-state index contributed by atoms with van der Waals surface area (Å²) in [6.07, 6.45) is -4.04. The molecule has 4 aliphatic carbocycles. The van der Waals surface area contributed by atoms with Crippen LogP contribution in [0.4, 0.5) is 0 Å². The average Bonchev–Trinajstić information content (AvgIpc) is 3.14. The highest BCUT2D eigenvalue weighted by molar-refractivity contribution is 8.14. The van der Waals surface area contributed by atoms with Crippen LogP contribution in [-0.2, 0) is 19.1 Å². The molecule has 4 fully saturated rings. The fourth-order valence-electron chi connectivity index (χ4n) is 6.97. The lowest BCUT2D eigenvalue weighted by Crippen LogP contribution is -2.57.